The van der Waals surface area contributed by atoms with Crippen LogP contribution in [0.3, 0.4) is 0 Å². The number of carboxylic acid groups (broad SMARTS) is 2. The lowest BCUT2D eigenvalue weighted by molar-refractivity contribution is -0.139. The summed E-state index contributed by atoms with van der Waals surface area (Å²) in [4.78, 5) is 85.5. The van der Waals surface area contributed by atoms with Crippen LogP contribution < -0.4 is 31.9 Å². The number of ether oxygens (including phenoxy) is 3. The Hall–Kier alpha value is -4.98. The lowest BCUT2D eigenvalue weighted by Crippen LogP contribution is -2.51. The number of carboxylic acids is 2. The third-order valence-electron chi connectivity index (χ3n) is 10.1. The average Bonchev–Trinajstić information content (AvgIpc) is 3.24. The van der Waals surface area contributed by atoms with Crippen molar-refractivity contribution in [2.75, 3.05) is 65.0 Å². The molecule has 18 nitrogen and oxygen atoms in total. The number of rotatable bonds is 29. The predicted octanol–water partition coefficient (Wildman–Crippen LogP) is 1.79. The fourth-order valence-electron chi connectivity index (χ4n) is 6.69. The fourth-order valence-corrected chi connectivity index (χ4v) is 6.94. The molecule has 0 saturated heterocycles. The monoisotopic (exact) mass is 874 g/mol. The number of amides is 6. The summed E-state index contributed by atoms with van der Waals surface area (Å²) in [6.45, 7) is 4.80. The van der Waals surface area contributed by atoms with Crippen LogP contribution in [0.4, 0.5) is 4.79 Å². The van der Waals surface area contributed by atoms with Crippen molar-refractivity contribution >= 4 is 65.0 Å². The molecule has 0 bridgehead atoms. The second kappa shape index (κ2) is 28.5. The molecule has 6 amide bonds. The number of benzene rings is 2. The maximum atomic E-state index is 13.6. The molecule has 8 N–H and O–H groups in total. The zero-order valence-electron chi connectivity index (χ0n) is 34.8. The molecule has 19 heteroatoms. The molecule has 1 aliphatic rings. The number of urea groups is 1. The largest absolute Gasteiger partial charge is 0.480 e. The molecule has 0 spiro atoms. The highest BCUT2D eigenvalue weighted by molar-refractivity contribution is 7.80. The molecule has 3 rings (SSSR count). The molecular weight excluding hydrogens is 813 g/mol. The molecular formula is C42H62N6O12S. The standard InChI is InChI=1S/C42H62N6O12S/c1-28(49)43-17-19-59-21-23-60-22-20-58-18-15-37(50)45-26-29-9-13-32(14-10-29)38(51)46-35(25-30-11-12-31-6-2-3-7-33(31)24-30)39(52)44-16-5-4-8-34(40(53)54)47-42(57)48-36(27-61)41(55)56/h2-3,6-7,11-12,24,29,32,34-36,61H,4-5,8-10,13-23,25-27H2,1H3,(H,43,49)(H,44,52)(H,45,50)(H,46,51)(H,53,54)(H,55,56)(H2,47,48,57)/t29?,32?,34-,35-,36-/m0/s1. The lowest BCUT2D eigenvalue weighted by Gasteiger charge is -2.29. The number of aliphatic carboxylic acids is 2. The number of nitrogens with one attached hydrogen (secondary N) is 6. The van der Waals surface area contributed by atoms with Gasteiger partial charge in [0.15, 0.2) is 0 Å². The smallest absolute Gasteiger partial charge is 0.327 e. The van der Waals surface area contributed by atoms with E-state index >= 15 is 0 Å². The van der Waals surface area contributed by atoms with Gasteiger partial charge in [-0.15, -0.1) is 0 Å². The van der Waals surface area contributed by atoms with Gasteiger partial charge in [-0.3, -0.25) is 19.2 Å². The lowest BCUT2D eigenvalue weighted by atomic mass is 9.81. The van der Waals surface area contributed by atoms with Crippen molar-refractivity contribution in [1.82, 2.24) is 31.9 Å². The molecule has 2 aromatic carbocycles. The maximum Gasteiger partial charge on any atom is 0.327 e. The van der Waals surface area contributed by atoms with Gasteiger partial charge in [0.2, 0.25) is 23.6 Å². The van der Waals surface area contributed by atoms with Gasteiger partial charge < -0.3 is 56.3 Å². The molecule has 338 valence electrons. The van der Waals surface area contributed by atoms with Crippen molar-refractivity contribution in [2.24, 2.45) is 11.8 Å². The van der Waals surface area contributed by atoms with Crippen molar-refractivity contribution in [3.05, 3.63) is 48.0 Å². The maximum absolute atomic E-state index is 13.6. The Kier molecular flexibility index (Phi) is 23.6. The predicted molar refractivity (Wildman–Crippen MR) is 229 cm³/mol. The van der Waals surface area contributed by atoms with Crippen LogP contribution in [-0.2, 0) is 49.4 Å². The molecule has 1 saturated carbocycles. The van der Waals surface area contributed by atoms with Crippen LogP contribution in [-0.4, -0.2) is 135 Å². The number of hydrogen-bond donors (Lipinski definition) is 9. The summed E-state index contributed by atoms with van der Waals surface area (Å²) in [5.41, 5.74) is 0.868. The van der Waals surface area contributed by atoms with E-state index in [1.165, 1.54) is 6.92 Å². The van der Waals surface area contributed by atoms with Crippen molar-refractivity contribution in [2.45, 2.75) is 82.8 Å². The summed E-state index contributed by atoms with van der Waals surface area (Å²) in [7, 11) is 0. The molecule has 1 fully saturated rings. The van der Waals surface area contributed by atoms with Crippen molar-refractivity contribution in [1.29, 1.82) is 0 Å². The van der Waals surface area contributed by atoms with Gasteiger partial charge in [0.05, 0.1) is 39.6 Å². The van der Waals surface area contributed by atoms with Crippen LogP contribution in [0.2, 0.25) is 0 Å². The number of thiol groups is 1. The normalized spacial score (nSPS) is 16.4. The van der Waals surface area contributed by atoms with E-state index < -0.39 is 36.1 Å². The van der Waals surface area contributed by atoms with Gasteiger partial charge in [0.1, 0.15) is 18.1 Å². The first kappa shape index (κ1) is 50.4. The first-order valence-corrected chi connectivity index (χ1v) is 21.4. The highest BCUT2D eigenvalue weighted by atomic mass is 32.1. The number of fused-ring (bicyclic) bond motifs is 1. The minimum atomic E-state index is -1.30. The number of unbranched alkanes of at least 4 members (excludes halogenated alkanes) is 1. The Morgan fingerprint density at radius 2 is 1.34 bits per heavy atom. The number of carbonyl (C=O) groups is 7. The van der Waals surface area contributed by atoms with Gasteiger partial charge in [-0.05, 0) is 67.2 Å². The van der Waals surface area contributed by atoms with Gasteiger partial charge in [0, 0.05) is 51.1 Å². The van der Waals surface area contributed by atoms with E-state index in [2.05, 4.69) is 44.5 Å². The fraction of sp³-hybridized carbons (Fsp3) is 0.595. The summed E-state index contributed by atoms with van der Waals surface area (Å²) >= 11 is 3.88. The third kappa shape index (κ3) is 20.4. The van der Waals surface area contributed by atoms with Gasteiger partial charge in [-0.25, -0.2) is 14.4 Å². The molecule has 0 aliphatic heterocycles. The SMILES string of the molecule is CC(=O)NCCOCCOCCOCCC(=O)NCC1CCC(C(=O)N[C@@H](Cc2ccc3ccccc3c2)C(=O)NCCCC[C@H](NC(=O)N[C@@H](CS)C(=O)O)C(=O)O)CC1. The highest BCUT2D eigenvalue weighted by Gasteiger charge is 2.30. The molecule has 1 aliphatic carbocycles. The third-order valence-corrected chi connectivity index (χ3v) is 10.5. The van der Waals surface area contributed by atoms with Gasteiger partial charge >= 0.3 is 18.0 Å². The van der Waals surface area contributed by atoms with Crippen LogP contribution in [0, 0.1) is 11.8 Å². The van der Waals surface area contributed by atoms with E-state index in [0.717, 1.165) is 29.2 Å². The number of carbonyl (C=O) groups excluding carboxylic acids is 5. The van der Waals surface area contributed by atoms with E-state index in [1.54, 1.807) is 0 Å². The van der Waals surface area contributed by atoms with E-state index in [0.29, 0.717) is 71.8 Å². The van der Waals surface area contributed by atoms with Crippen LogP contribution in [0.1, 0.15) is 63.9 Å². The molecule has 2 aromatic rings. The molecule has 0 radical (unpaired) electrons. The van der Waals surface area contributed by atoms with E-state index in [4.69, 9.17) is 19.3 Å². The minimum absolute atomic E-state index is 0.0354. The molecule has 0 heterocycles. The summed E-state index contributed by atoms with van der Waals surface area (Å²) in [6, 6.07) is 9.36. The molecule has 3 atom stereocenters. The van der Waals surface area contributed by atoms with E-state index in [9.17, 15) is 38.7 Å². The summed E-state index contributed by atoms with van der Waals surface area (Å²) in [6.07, 6.45) is 3.93. The van der Waals surface area contributed by atoms with Crippen molar-refractivity contribution in [3.8, 4) is 0 Å². The Morgan fingerprint density at radius 1 is 0.705 bits per heavy atom. The van der Waals surface area contributed by atoms with Gasteiger partial charge in [-0.2, -0.15) is 12.6 Å². The second-order valence-electron chi connectivity index (χ2n) is 14.9. The molecule has 61 heavy (non-hydrogen) atoms. The summed E-state index contributed by atoms with van der Waals surface area (Å²) in [5, 5.41) is 36.6. The Morgan fingerprint density at radius 3 is 2.00 bits per heavy atom. The summed E-state index contributed by atoms with van der Waals surface area (Å²) in [5.74, 6) is -3.64. The zero-order chi connectivity index (χ0) is 44.4. The Balaban J connectivity index is 1.40. The second-order valence-corrected chi connectivity index (χ2v) is 15.3. The van der Waals surface area contributed by atoms with Gasteiger partial charge in [-0.1, -0.05) is 42.5 Å². The van der Waals surface area contributed by atoms with Crippen LogP contribution in [0.5, 0.6) is 0 Å². The minimum Gasteiger partial charge on any atom is -0.480 e. The molecule has 0 aromatic heterocycles. The average molecular weight is 875 g/mol. The zero-order valence-corrected chi connectivity index (χ0v) is 35.7. The van der Waals surface area contributed by atoms with Crippen molar-refractivity contribution in [3.63, 3.8) is 0 Å². The van der Waals surface area contributed by atoms with Crippen molar-refractivity contribution < 1.29 is 58.0 Å². The topological polar surface area (TPSA) is 260 Å². The van der Waals surface area contributed by atoms with E-state index in [1.807, 2.05) is 42.5 Å². The van der Waals surface area contributed by atoms with Crippen LogP contribution in [0.15, 0.2) is 42.5 Å². The number of hydrogen-bond acceptors (Lipinski definition) is 11. The first-order valence-electron chi connectivity index (χ1n) is 20.8. The van der Waals surface area contributed by atoms with Crippen LogP contribution in [0.25, 0.3) is 10.8 Å². The van der Waals surface area contributed by atoms with Gasteiger partial charge in [0.25, 0.3) is 0 Å². The summed E-state index contributed by atoms with van der Waals surface area (Å²) < 4.78 is 16.3. The quantitative estimate of drug-likeness (QED) is 0.0419. The highest BCUT2D eigenvalue weighted by Crippen LogP contribution is 2.29. The Labute approximate surface area is 361 Å². The Bertz CT molecular complexity index is 1730. The first-order chi connectivity index (χ1) is 29.4. The molecule has 0 unspecified atom stereocenters. The van der Waals surface area contributed by atoms with Crippen LogP contribution >= 0.6 is 12.6 Å². The van der Waals surface area contributed by atoms with E-state index in [-0.39, 0.29) is 73.6 Å².